The molecule has 126 valence electrons. The molecule has 0 unspecified atom stereocenters. The normalized spacial score (nSPS) is 17.6. The highest BCUT2D eigenvalue weighted by atomic mass is 19.1. The molecule has 1 aliphatic heterocycles. The maximum absolute atomic E-state index is 13.4. The minimum Gasteiger partial charge on any atom is -0.497 e. The Bertz CT molecular complexity index is 719. The Morgan fingerprint density at radius 1 is 1.29 bits per heavy atom. The van der Waals surface area contributed by atoms with Crippen LogP contribution >= 0.6 is 0 Å². The average Bonchev–Trinajstić information content (AvgIpc) is 2.62. The number of benzene rings is 2. The van der Waals surface area contributed by atoms with Gasteiger partial charge in [-0.15, -0.1) is 0 Å². The molecule has 1 amide bonds. The van der Waals surface area contributed by atoms with E-state index in [1.807, 2.05) is 30.3 Å². The summed E-state index contributed by atoms with van der Waals surface area (Å²) < 4.78 is 24.3. The summed E-state index contributed by atoms with van der Waals surface area (Å²) in [5.74, 6) is 0.476. The van der Waals surface area contributed by atoms with Gasteiger partial charge in [-0.1, -0.05) is 24.3 Å². The van der Waals surface area contributed by atoms with Gasteiger partial charge in [0, 0.05) is 6.54 Å². The van der Waals surface area contributed by atoms with Crippen molar-refractivity contribution in [3.8, 4) is 5.75 Å². The summed E-state index contributed by atoms with van der Waals surface area (Å²) in [4.78, 5) is 14.3. The van der Waals surface area contributed by atoms with E-state index in [0.717, 1.165) is 16.9 Å². The van der Waals surface area contributed by atoms with E-state index in [4.69, 9.17) is 9.47 Å². The first-order chi connectivity index (χ1) is 11.7. The lowest BCUT2D eigenvalue weighted by molar-refractivity contribution is -0.138. The van der Waals surface area contributed by atoms with Crippen LogP contribution in [0.3, 0.4) is 0 Å². The van der Waals surface area contributed by atoms with Crippen molar-refractivity contribution in [2.75, 3.05) is 26.8 Å². The molecule has 2 aromatic rings. The van der Waals surface area contributed by atoms with Crippen LogP contribution in [-0.4, -0.2) is 37.6 Å². The first-order valence-electron chi connectivity index (χ1n) is 7.93. The van der Waals surface area contributed by atoms with E-state index in [0.29, 0.717) is 26.1 Å². The predicted octanol–water partition coefficient (Wildman–Crippen LogP) is 2.98. The van der Waals surface area contributed by atoms with E-state index in [-0.39, 0.29) is 17.8 Å². The second kappa shape index (κ2) is 7.45. The smallest absolute Gasteiger partial charge is 0.227 e. The van der Waals surface area contributed by atoms with Crippen molar-refractivity contribution < 1.29 is 18.7 Å². The van der Waals surface area contributed by atoms with Crippen LogP contribution in [0, 0.1) is 5.82 Å². The number of hydrogen-bond donors (Lipinski definition) is 0. The van der Waals surface area contributed by atoms with Crippen LogP contribution in [-0.2, 0) is 16.0 Å². The van der Waals surface area contributed by atoms with E-state index in [2.05, 4.69) is 0 Å². The molecule has 5 heteroatoms. The summed E-state index contributed by atoms with van der Waals surface area (Å²) in [7, 11) is 1.60. The quantitative estimate of drug-likeness (QED) is 0.866. The van der Waals surface area contributed by atoms with Crippen LogP contribution in [0.25, 0.3) is 0 Å². The van der Waals surface area contributed by atoms with Crippen LogP contribution in [0.1, 0.15) is 17.2 Å². The van der Waals surface area contributed by atoms with Gasteiger partial charge in [0.05, 0.1) is 26.7 Å². The molecule has 4 nitrogen and oxygen atoms in total. The fourth-order valence-electron chi connectivity index (χ4n) is 2.85. The topological polar surface area (TPSA) is 38.8 Å². The maximum Gasteiger partial charge on any atom is 0.227 e. The molecule has 1 fully saturated rings. The number of hydrogen-bond acceptors (Lipinski definition) is 3. The van der Waals surface area contributed by atoms with E-state index in [1.165, 1.54) is 12.1 Å². The number of amides is 1. The zero-order valence-electron chi connectivity index (χ0n) is 13.6. The molecule has 0 bridgehead atoms. The zero-order chi connectivity index (χ0) is 16.9. The summed E-state index contributed by atoms with van der Waals surface area (Å²) in [6.45, 7) is 1.44. The highest BCUT2D eigenvalue weighted by Crippen LogP contribution is 2.23. The number of halogens is 1. The fraction of sp³-hybridized carbons (Fsp3) is 0.316. The van der Waals surface area contributed by atoms with Gasteiger partial charge in [-0.05, 0) is 35.4 Å². The summed E-state index contributed by atoms with van der Waals surface area (Å²) in [5, 5.41) is 0. The molecule has 2 aromatic carbocycles. The molecule has 0 spiro atoms. The second-order valence-electron chi connectivity index (χ2n) is 5.78. The largest absolute Gasteiger partial charge is 0.497 e. The molecule has 1 heterocycles. The molecule has 0 N–H and O–H groups in total. The molecular weight excluding hydrogens is 309 g/mol. The Morgan fingerprint density at radius 2 is 2.12 bits per heavy atom. The molecule has 1 aliphatic rings. The van der Waals surface area contributed by atoms with Crippen molar-refractivity contribution in [1.29, 1.82) is 0 Å². The van der Waals surface area contributed by atoms with Gasteiger partial charge in [0.25, 0.3) is 0 Å². The Balaban J connectivity index is 1.66. The fourth-order valence-corrected chi connectivity index (χ4v) is 2.85. The van der Waals surface area contributed by atoms with E-state index in [1.54, 1.807) is 18.1 Å². The van der Waals surface area contributed by atoms with Gasteiger partial charge in [-0.2, -0.15) is 0 Å². The summed E-state index contributed by atoms with van der Waals surface area (Å²) >= 11 is 0. The van der Waals surface area contributed by atoms with Crippen LogP contribution in [0.15, 0.2) is 48.5 Å². The Kier molecular flexibility index (Phi) is 5.11. The average molecular weight is 329 g/mol. The molecule has 0 aliphatic carbocycles. The standard InChI is InChI=1S/C19H20FNO3/c1-23-17-7-2-4-14(10-17)11-19(22)21-8-9-24-18(13-21)15-5-3-6-16(20)12-15/h2-7,10,12,18H,8-9,11,13H2,1H3/t18-/m1/s1. The van der Waals surface area contributed by atoms with Crippen molar-refractivity contribution in [1.82, 2.24) is 4.90 Å². The number of methoxy groups -OCH3 is 1. The molecule has 0 aromatic heterocycles. The highest BCUT2D eigenvalue weighted by Gasteiger charge is 2.25. The SMILES string of the molecule is COc1cccc(CC(=O)N2CCO[C@@H](c3cccc(F)c3)C2)c1. The zero-order valence-corrected chi connectivity index (χ0v) is 13.6. The third-order valence-corrected chi connectivity index (χ3v) is 4.13. The van der Waals surface area contributed by atoms with Gasteiger partial charge in [0.2, 0.25) is 5.91 Å². The van der Waals surface area contributed by atoms with Crippen molar-refractivity contribution >= 4 is 5.91 Å². The van der Waals surface area contributed by atoms with Crippen LogP contribution in [0.4, 0.5) is 4.39 Å². The van der Waals surface area contributed by atoms with Gasteiger partial charge in [0.1, 0.15) is 17.7 Å². The minimum absolute atomic E-state index is 0.0351. The predicted molar refractivity (Wildman–Crippen MR) is 88.4 cm³/mol. The van der Waals surface area contributed by atoms with Crippen molar-refractivity contribution in [3.63, 3.8) is 0 Å². The Labute approximate surface area is 140 Å². The Morgan fingerprint density at radius 3 is 2.92 bits per heavy atom. The van der Waals surface area contributed by atoms with Crippen molar-refractivity contribution in [2.45, 2.75) is 12.5 Å². The van der Waals surface area contributed by atoms with Crippen molar-refractivity contribution in [2.24, 2.45) is 0 Å². The minimum atomic E-state index is -0.295. The monoisotopic (exact) mass is 329 g/mol. The molecule has 3 rings (SSSR count). The molecule has 1 atom stereocenters. The van der Waals surface area contributed by atoms with E-state index in [9.17, 15) is 9.18 Å². The van der Waals surface area contributed by atoms with Crippen LogP contribution < -0.4 is 4.74 Å². The van der Waals surface area contributed by atoms with Gasteiger partial charge >= 0.3 is 0 Å². The first kappa shape index (κ1) is 16.5. The molecule has 1 saturated heterocycles. The molecule has 24 heavy (non-hydrogen) atoms. The van der Waals surface area contributed by atoms with Gasteiger partial charge in [-0.3, -0.25) is 4.79 Å². The molecular formula is C19H20FNO3. The molecule has 0 saturated carbocycles. The van der Waals surface area contributed by atoms with Gasteiger partial charge in [-0.25, -0.2) is 4.39 Å². The summed E-state index contributed by atoms with van der Waals surface area (Å²) in [6, 6.07) is 13.8. The lowest BCUT2D eigenvalue weighted by atomic mass is 10.1. The number of carbonyl (C=O) groups is 1. The lowest BCUT2D eigenvalue weighted by Gasteiger charge is -2.33. The third kappa shape index (κ3) is 3.92. The highest BCUT2D eigenvalue weighted by molar-refractivity contribution is 5.79. The number of morpholine rings is 1. The summed E-state index contributed by atoms with van der Waals surface area (Å²) in [5.41, 5.74) is 1.67. The van der Waals surface area contributed by atoms with Gasteiger partial charge < -0.3 is 14.4 Å². The number of rotatable bonds is 4. The maximum atomic E-state index is 13.4. The molecule has 0 radical (unpaired) electrons. The first-order valence-corrected chi connectivity index (χ1v) is 7.93. The summed E-state index contributed by atoms with van der Waals surface area (Å²) in [6.07, 6.45) is 0.0243. The second-order valence-corrected chi connectivity index (χ2v) is 5.78. The third-order valence-electron chi connectivity index (χ3n) is 4.13. The number of nitrogens with zero attached hydrogens (tertiary/aromatic N) is 1. The number of ether oxygens (including phenoxy) is 2. The van der Waals surface area contributed by atoms with Crippen LogP contribution in [0.2, 0.25) is 0 Å². The van der Waals surface area contributed by atoms with Crippen molar-refractivity contribution in [3.05, 3.63) is 65.5 Å². The van der Waals surface area contributed by atoms with Gasteiger partial charge in [0.15, 0.2) is 0 Å². The lowest BCUT2D eigenvalue weighted by Crippen LogP contribution is -2.43. The Hall–Kier alpha value is -2.40. The van der Waals surface area contributed by atoms with Crippen LogP contribution in [0.5, 0.6) is 5.75 Å². The van der Waals surface area contributed by atoms with E-state index >= 15 is 0 Å². The van der Waals surface area contributed by atoms with E-state index < -0.39 is 0 Å². The number of carbonyl (C=O) groups excluding carboxylic acids is 1.